The molecule has 5 aromatic carbocycles. The van der Waals surface area contributed by atoms with E-state index in [1.165, 1.54) is 32.2 Å². The summed E-state index contributed by atoms with van der Waals surface area (Å²) in [5.74, 6) is 0. The molecule has 0 heterocycles. The molecule has 0 saturated heterocycles. The Labute approximate surface area is 192 Å². The summed E-state index contributed by atoms with van der Waals surface area (Å²) in [6, 6.07) is 48.5. The van der Waals surface area contributed by atoms with Crippen LogP contribution in [0.4, 0.5) is 0 Å². The molecule has 0 N–H and O–H groups in total. The molecule has 31 heavy (non-hydrogen) atoms. The van der Waals surface area contributed by atoms with Crippen molar-refractivity contribution in [3.8, 4) is 0 Å². The van der Waals surface area contributed by atoms with Crippen molar-refractivity contribution in [3.05, 3.63) is 139 Å². The van der Waals surface area contributed by atoms with E-state index in [1.54, 1.807) is 0 Å². The number of hydrogen-bond donors (Lipinski definition) is 0. The van der Waals surface area contributed by atoms with Gasteiger partial charge in [0.25, 0.3) is 0 Å². The molecule has 0 aliphatic heterocycles. The molecule has 5 aromatic rings. The summed E-state index contributed by atoms with van der Waals surface area (Å²) in [5.41, 5.74) is 1.34. The Morgan fingerprint density at radius 3 is 1.35 bits per heavy atom. The Morgan fingerprint density at radius 2 is 0.871 bits per heavy atom. The van der Waals surface area contributed by atoms with Crippen LogP contribution in [0.15, 0.2) is 133 Å². The predicted octanol–water partition coefficient (Wildman–Crippen LogP) is 7.18. The molecule has 152 valence electrons. The van der Waals surface area contributed by atoms with Gasteiger partial charge in [-0.05, 0) is 0 Å². The van der Waals surface area contributed by atoms with E-state index in [9.17, 15) is 0 Å². The number of fused-ring (bicyclic) bond motifs is 1. The molecular weight excluding hydrogens is 459 g/mol. The average Bonchev–Trinajstić information content (AvgIpc) is 2.86. The molecule has 0 aliphatic rings. The van der Waals surface area contributed by atoms with Gasteiger partial charge in [0.05, 0.1) is 0 Å². The summed E-state index contributed by atoms with van der Waals surface area (Å²) < 4.78 is 0. The van der Waals surface area contributed by atoms with E-state index in [-0.39, 0.29) is 0 Å². The van der Waals surface area contributed by atoms with Gasteiger partial charge in [0.15, 0.2) is 0 Å². The fraction of sp³-hybridized carbons (Fsp3) is 0.0345. The molecular formula is C29H24BrP. The van der Waals surface area contributed by atoms with E-state index < -0.39 is 5.31 Å². The van der Waals surface area contributed by atoms with Crippen molar-refractivity contribution in [2.45, 2.75) is 6.16 Å². The maximum atomic E-state index is 4.55. The third kappa shape index (κ3) is 3.43. The molecule has 0 fully saturated rings. The van der Waals surface area contributed by atoms with Gasteiger partial charge in [0, 0.05) is 0 Å². The molecule has 0 radical (unpaired) electrons. The van der Waals surface area contributed by atoms with Crippen LogP contribution in [0.5, 0.6) is 0 Å². The van der Waals surface area contributed by atoms with Crippen LogP contribution in [0, 0.1) is 0 Å². The van der Waals surface area contributed by atoms with Crippen molar-refractivity contribution in [2.24, 2.45) is 0 Å². The van der Waals surface area contributed by atoms with Gasteiger partial charge < -0.3 is 0 Å². The zero-order valence-corrected chi connectivity index (χ0v) is 19.7. The topological polar surface area (TPSA) is 0 Å². The van der Waals surface area contributed by atoms with Crippen LogP contribution in [0.25, 0.3) is 10.8 Å². The van der Waals surface area contributed by atoms with Crippen LogP contribution in [0.3, 0.4) is 0 Å². The van der Waals surface area contributed by atoms with E-state index in [4.69, 9.17) is 0 Å². The SMILES string of the molecule is BrP(Cc1ccc2ccccc2c1)(c1ccccc1)(c1ccccc1)c1ccccc1. The zero-order chi connectivity index (χ0) is 21.2. The van der Waals surface area contributed by atoms with E-state index in [2.05, 4.69) is 149 Å². The van der Waals surface area contributed by atoms with E-state index >= 15 is 0 Å². The summed E-state index contributed by atoms with van der Waals surface area (Å²) >= 11 is 4.55. The van der Waals surface area contributed by atoms with Crippen LogP contribution in [-0.2, 0) is 6.16 Å². The second kappa shape index (κ2) is 8.08. The van der Waals surface area contributed by atoms with Gasteiger partial charge in [-0.3, -0.25) is 0 Å². The number of halogens is 1. The van der Waals surface area contributed by atoms with Crippen molar-refractivity contribution >= 4 is 47.5 Å². The summed E-state index contributed by atoms with van der Waals surface area (Å²) in [6.45, 7) is 0. The minimum atomic E-state index is -2.96. The first-order chi connectivity index (χ1) is 15.2. The van der Waals surface area contributed by atoms with Crippen molar-refractivity contribution < 1.29 is 0 Å². The van der Waals surface area contributed by atoms with Gasteiger partial charge in [-0.1, -0.05) is 0 Å². The van der Waals surface area contributed by atoms with Crippen molar-refractivity contribution in [1.82, 2.24) is 0 Å². The number of rotatable bonds is 5. The van der Waals surface area contributed by atoms with Gasteiger partial charge in [-0.25, -0.2) is 0 Å². The van der Waals surface area contributed by atoms with Crippen LogP contribution < -0.4 is 15.9 Å². The fourth-order valence-electron chi connectivity index (χ4n) is 4.62. The summed E-state index contributed by atoms with van der Waals surface area (Å²) in [7, 11) is 0. The fourth-order valence-corrected chi connectivity index (χ4v) is 12.3. The molecule has 0 nitrogen and oxygen atoms in total. The molecule has 0 saturated carbocycles. The van der Waals surface area contributed by atoms with Gasteiger partial charge in [0.1, 0.15) is 0 Å². The van der Waals surface area contributed by atoms with Crippen LogP contribution >= 0.6 is 20.8 Å². The summed E-state index contributed by atoms with van der Waals surface area (Å²) in [4.78, 5) is 0. The third-order valence-corrected chi connectivity index (χ3v) is 15.7. The zero-order valence-electron chi connectivity index (χ0n) is 17.2. The van der Waals surface area contributed by atoms with E-state index in [0.29, 0.717) is 0 Å². The average molecular weight is 483 g/mol. The molecule has 0 aromatic heterocycles. The molecule has 5 rings (SSSR count). The molecule has 0 spiro atoms. The van der Waals surface area contributed by atoms with Gasteiger partial charge in [0.2, 0.25) is 0 Å². The van der Waals surface area contributed by atoms with Crippen molar-refractivity contribution in [3.63, 3.8) is 0 Å². The molecule has 0 bridgehead atoms. The Hall–Kier alpha value is -2.73. The predicted molar refractivity (Wildman–Crippen MR) is 142 cm³/mol. The molecule has 0 unspecified atom stereocenters. The second-order valence-corrected chi connectivity index (χ2v) is 17.0. The van der Waals surface area contributed by atoms with Crippen LogP contribution in [-0.4, -0.2) is 0 Å². The quantitative estimate of drug-likeness (QED) is 0.232. The molecule has 2 heteroatoms. The molecule has 0 aliphatic carbocycles. The maximum absolute atomic E-state index is 4.55. The van der Waals surface area contributed by atoms with E-state index in [1.807, 2.05) is 0 Å². The normalized spacial score (nSPS) is 12.9. The summed E-state index contributed by atoms with van der Waals surface area (Å²) in [6.07, 6.45) is 0.911. The van der Waals surface area contributed by atoms with Gasteiger partial charge in [-0.15, -0.1) is 0 Å². The van der Waals surface area contributed by atoms with Gasteiger partial charge >= 0.3 is 193 Å². The van der Waals surface area contributed by atoms with Crippen molar-refractivity contribution in [2.75, 3.05) is 0 Å². The Kier molecular flexibility index (Phi) is 5.26. The second-order valence-electron chi connectivity index (χ2n) is 8.03. The first-order valence-electron chi connectivity index (χ1n) is 10.6. The minimum absolute atomic E-state index is 0.911. The molecule has 0 atom stereocenters. The molecule has 0 amide bonds. The van der Waals surface area contributed by atoms with Crippen LogP contribution in [0.2, 0.25) is 0 Å². The van der Waals surface area contributed by atoms with Gasteiger partial charge in [-0.2, -0.15) is 0 Å². The van der Waals surface area contributed by atoms with Crippen LogP contribution in [0.1, 0.15) is 5.56 Å². The number of hydrogen-bond acceptors (Lipinski definition) is 0. The first kappa shape index (κ1) is 20.2. The monoisotopic (exact) mass is 482 g/mol. The Bertz CT molecular complexity index is 1210. The third-order valence-electron chi connectivity index (χ3n) is 6.18. The van der Waals surface area contributed by atoms with Crippen molar-refractivity contribution in [1.29, 1.82) is 0 Å². The standard InChI is InChI=1S/C29H24BrP/c30-31(27-14-4-1-5-15-27,28-16-6-2-7-17-28,29-18-8-3-9-19-29)23-24-20-21-25-12-10-11-13-26(25)22-24/h1-22H,23H2. The number of benzene rings is 5. The first-order valence-corrected chi connectivity index (χ1v) is 15.0. The van der Waals surface area contributed by atoms with E-state index in [0.717, 1.165) is 6.16 Å². The Morgan fingerprint density at radius 1 is 0.452 bits per heavy atom. The Balaban J connectivity index is 1.83. The summed E-state index contributed by atoms with van der Waals surface area (Å²) in [5, 5.41) is 3.64.